The molecule has 1 aliphatic carbocycles. The van der Waals surface area contributed by atoms with Gasteiger partial charge in [-0.15, -0.1) is 0 Å². The van der Waals surface area contributed by atoms with Crippen LogP contribution in [0.3, 0.4) is 0 Å². The third-order valence-electron chi connectivity index (χ3n) is 1.87. The number of allylic oxidation sites excluding steroid dienone is 4. The molecule has 0 amide bonds. The molecule has 2 heteroatoms. The monoisotopic (exact) mass is 180 g/mol. The predicted molar refractivity (Wildman–Crippen MR) is 53.3 cm³/mol. The molecule has 0 saturated heterocycles. The summed E-state index contributed by atoms with van der Waals surface area (Å²) in [5.41, 5.74) is 1.58. The third kappa shape index (κ3) is 3.88. The van der Waals surface area contributed by atoms with Gasteiger partial charge in [-0.2, -0.15) is 0 Å². The lowest BCUT2D eigenvalue weighted by atomic mass is 10.1. The van der Waals surface area contributed by atoms with Gasteiger partial charge in [0.2, 0.25) is 9.76 Å². The number of rotatable bonds is 6. The molecule has 1 aliphatic rings. The first-order valence-corrected chi connectivity index (χ1v) is 5.74. The van der Waals surface area contributed by atoms with Crippen molar-refractivity contribution in [2.45, 2.75) is 32.2 Å². The van der Waals surface area contributed by atoms with Crippen LogP contribution in [0.4, 0.5) is 0 Å². The number of hydrogen-bond acceptors (Lipinski definition) is 1. The second-order valence-electron chi connectivity index (χ2n) is 2.89. The van der Waals surface area contributed by atoms with E-state index < -0.39 is 0 Å². The van der Waals surface area contributed by atoms with Gasteiger partial charge in [0.25, 0.3) is 0 Å². The van der Waals surface area contributed by atoms with E-state index in [9.17, 15) is 0 Å². The standard InChI is InChI=1S/C10H16OSi/c1-2-11-12-9-5-8-10-6-3-4-7-10/h3-4,6H,2,5,7-9H2,1H3. The van der Waals surface area contributed by atoms with Crippen LogP contribution < -0.4 is 0 Å². The summed E-state index contributed by atoms with van der Waals surface area (Å²) in [6.45, 7) is 2.92. The molecule has 0 aromatic heterocycles. The second-order valence-corrected chi connectivity index (χ2v) is 3.97. The average molecular weight is 180 g/mol. The van der Waals surface area contributed by atoms with Gasteiger partial charge in [-0.05, 0) is 25.8 Å². The van der Waals surface area contributed by atoms with E-state index in [2.05, 4.69) is 25.2 Å². The summed E-state index contributed by atoms with van der Waals surface area (Å²) >= 11 is 0. The summed E-state index contributed by atoms with van der Waals surface area (Å²) in [7, 11) is 0.707. The summed E-state index contributed by atoms with van der Waals surface area (Å²) in [6.07, 6.45) is 10.3. The van der Waals surface area contributed by atoms with Crippen molar-refractivity contribution in [3.63, 3.8) is 0 Å². The highest BCUT2D eigenvalue weighted by molar-refractivity contribution is 6.26. The Hall–Kier alpha value is -0.343. The smallest absolute Gasteiger partial charge is 0.229 e. The molecule has 0 fully saturated rings. The molecule has 1 rings (SSSR count). The second kappa shape index (κ2) is 6.20. The Labute approximate surface area is 77.4 Å². The molecule has 0 atom stereocenters. The maximum atomic E-state index is 5.29. The van der Waals surface area contributed by atoms with Crippen molar-refractivity contribution in [1.82, 2.24) is 0 Å². The van der Waals surface area contributed by atoms with Crippen molar-refractivity contribution < 1.29 is 4.43 Å². The minimum atomic E-state index is 0.707. The van der Waals surface area contributed by atoms with Gasteiger partial charge in [-0.1, -0.05) is 30.2 Å². The van der Waals surface area contributed by atoms with Crippen LogP contribution in [0.2, 0.25) is 6.04 Å². The maximum absolute atomic E-state index is 5.29. The topological polar surface area (TPSA) is 9.23 Å². The van der Waals surface area contributed by atoms with E-state index in [1.165, 1.54) is 25.3 Å². The molecule has 66 valence electrons. The quantitative estimate of drug-likeness (QED) is 0.451. The molecule has 12 heavy (non-hydrogen) atoms. The van der Waals surface area contributed by atoms with Gasteiger partial charge in [0.1, 0.15) is 0 Å². The summed E-state index contributed by atoms with van der Waals surface area (Å²) < 4.78 is 5.29. The lowest BCUT2D eigenvalue weighted by Crippen LogP contribution is -1.97. The van der Waals surface area contributed by atoms with Gasteiger partial charge in [-0.3, -0.25) is 0 Å². The zero-order valence-corrected chi connectivity index (χ0v) is 8.68. The van der Waals surface area contributed by atoms with Crippen LogP contribution in [0.25, 0.3) is 0 Å². The Morgan fingerprint density at radius 1 is 1.58 bits per heavy atom. The van der Waals surface area contributed by atoms with E-state index >= 15 is 0 Å². The molecule has 0 unspecified atom stereocenters. The predicted octanol–water partition coefficient (Wildman–Crippen LogP) is 2.73. The third-order valence-corrected chi connectivity index (χ3v) is 2.92. The highest BCUT2D eigenvalue weighted by Gasteiger charge is 1.99. The fourth-order valence-electron chi connectivity index (χ4n) is 1.24. The van der Waals surface area contributed by atoms with Gasteiger partial charge in [0.15, 0.2) is 0 Å². The van der Waals surface area contributed by atoms with Crippen LogP contribution in [0.15, 0.2) is 23.8 Å². The molecule has 0 saturated carbocycles. The van der Waals surface area contributed by atoms with Gasteiger partial charge in [0, 0.05) is 6.61 Å². The van der Waals surface area contributed by atoms with Crippen molar-refractivity contribution >= 4 is 9.76 Å². The van der Waals surface area contributed by atoms with Crippen molar-refractivity contribution in [1.29, 1.82) is 0 Å². The largest absolute Gasteiger partial charge is 0.418 e. The van der Waals surface area contributed by atoms with Crippen LogP contribution in [0.5, 0.6) is 0 Å². The SMILES string of the molecule is CCO[Si]CCCC1=CC=CC1. The van der Waals surface area contributed by atoms with Crippen molar-refractivity contribution in [2.75, 3.05) is 6.61 Å². The fourth-order valence-corrected chi connectivity index (χ4v) is 1.91. The average Bonchev–Trinajstić information content (AvgIpc) is 2.57. The molecule has 0 spiro atoms. The Kier molecular flexibility index (Phi) is 5.04. The zero-order valence-electron chi connectivity index (χ0n) is 7.68. The molecule has 0 aliphatic heterocycles. The van der Waals surface area contributed by atoms with Gasteiger partial charge in [-0.25, -0.2) is 0 Å². The highest BCUT2D eigenvalue weighted by Crippen LogP contribution is 2.16. The molecular weight excluding hydrogens is 164 g/mol. The van der Waals surface area contributed by atoms with E-state index in [0.29, 0.717) is 9.76 Å². The van der Waals surface area contributed by atoms with E-state index in [1.807, 2.05) is 0 Å². The van der Waals surface area contributed by atoms with Gasteiger partial charge < -0.3 is 4.43 Å². The van der Waals surface area contributed by atoms with Crippen LogP contribution in [0, 0.1) is 0 Å². The molecule has 0 bridgehead atoms. The Morgan fingerprint density at radius 3 is 3.17 bits per heavy atom. The number of hydrogen-bond donors (Lipinski definition) is 0. The first-order chi connectivity index (χ1) is 5.93. The summed E-state index contributed by atoms with van der Waals surface area (Å²) in [6, 6.07) is 1.23. The van der Waals surface area contributed by atoms with E-state index in [1.54, 1.807) is 5.57 Å². The van der Waals surface area contributed by atoms with E-state index in [-0.39, 0.29) is 0 Å². The summed E-state index contributed by atoms with van der Waals surface area (Å²) in [5.74, 6) is 0. The highest BCUT2D eigenvalue weighted by atomic mass is 28.2. The molecule has 0 aromatic carbocycles. The van der Waals surface area contributed by atoms with Crippen molar-refractivity contribution in [2.24, 2.45) is 0 Å². The van der Waals surface area contributed by atoms with Gasteiger partial charge >= 0.3 is 0 Å². The first-order valence-electron chi connectivity index (χ1n) is 4.62. The molecule has 0 heterocycles. The molecule has 2 radical (unpaired) electrons. The van der Waals surface area contributed by atoms with Crippen LogP contribution in [0.1, 0.15) is 26.2 Å². The van der Waals surface area contributed by atoms with Crippen LogP contribution >= 0.6 is 0 Å². The van der Waals surface area contributed by atoms with Crippen molar-refractivity contribution in [3.05, 3.63) is 23.8 Å². The fraction of sp³-hybridized carbons (Fsp3) is 0.600. The summed E-state index contributed by atoms with van der Waals surface area (Å²) in [4.78, 5) is 0. The molecule has 1 nitrogen and oxygen atoms in total. The van der Waals surface area contributed by atoms with Crippen LogP contribution in [-0.4, -0.2) is 16.4 Å². The normalized spacial score (nSPS) is 15.2. The van der Waals surface area contributed by atoms with E-state index in [4.69, 9.17) is 4.43 Å². The first kappa shape index (κ1) is 9.74. The zero-order chi connectivity index (χ0) is 8.65. The molecule has 0 aromatic rings. The molecular formula is C10H16OSi. The Bertz CT molecular complexity index is 173. The Balaban J connectivity index is 1.89. The van der Waals surface area contributed by atoms with Crippen LogP contribution in [-0.2, 0) is 4.43 Å². The minimum Gasteiger partial charge on any atom is -0.418 e. The summed E-state index contributed by atoms with van der Waals surface area (Å²) in [5, 5.41) is 0. The lowest BCUT2D eigenvalue weighted by molar-refractivity contribution is 0.359. The van der Waals surface area contributed by atoms with Crippen molar-refractivity contribution in [3.8, 4) is 0 Å². The Morgan fingerprint density at radius 2 is 2.50 bits per heavy atom. The molecule has 0 N–H and O–H groups in total. The lowest BCUT2D eigenvalue weighted by Gasteiger charge is -2.00. The minimum absolute atomic E-state index is 0.707. The van der Waals surface area contributed by atoms with Gasteiger partial charge in [0.05, 0.1) is 0 Å². The maximum Gasteiger partial charge on any atom is 0.229 e. The van der Waals surface area contributed by atoms with E-state index in [0.717, 1.165) is 6.61 Å².